The van der Waals surface area contributed by atoms with Gasteiger partial charge in [-0.3, -0.25) is 0 Å². The van der Waals surface area contributed by atoms with Crippen molar-refractivity contribution < 1.29 is 0 Å². The second kappa shape index (κ2) is 4.77. The zero-order chi connectivity index (χ0) is 13.2. The van der Waals surface area contributed by atoms with Crippen LogP contribution in [0.3, 0.4) is 0 Å². The molecule has 3 aromatic carbocycles. The van der Waals surface area contributed by atoms with E-state index >= 15 is 0 Å². The van der Waals surface area contributed by atoms with Crippen molar-refractivity contribution in [2.45, 2.75) is 13.8 Å². The molecule has 1 N–H and O–H groups in total. The van der Waals surface area contributed by atoms with Crippen LogP contribution in [0, 0.1) is 13.8 Å². The Bertz CT molecular complexity index is 708. The van der Waals surface area contributed by atoms with Gasteiger partial charge in [0.05, 0.1) is 0 Å². The highest BCUT2D eigenvalue weighted by Gasteiger charge is 2.02. The average Bonchev–Trinajstić information content (AvgIpc) is 2.43. The number of nitrogens with one attached hydrogen (secondary N) is 1. The molecule has 0 bridgehead atoms. The summed E-state index contributed by atoms with van der Waals surface area (Å²) in [6, 6.07) is 21.3. The molecule has 0 aliphatic rings. The van der Waals surface area contributed by atoms with Crippen LogP contribution in [0.2, 0.25) is 0 Å². The van der Waals surface area contributed by atoms with Crippen LogP contribution in [0.5, 0.6) is 0 Å². The van der Waals surface area contributed by atoms with E-state index in [4.69, 9.17) is 0 Å². The molecule has 0 aromatic heterocycles. The summed E-state index contributed by atoms with van der Waals surface area (Å²) >= 11 is 0. The zero-order valence-electron chi connectivity index (χ0n) is 11.3. The molecule has 3 rings (SSSR count). The van der Waals surface area contributed by atoms with Crippen LogP contribution in [-0.2, 0) is 0 Å². The van der Waals surface area contributed by atoms with Crippen LogP contribution < -0.4 is 5.32 Å². The van der Waals surface area contributed by atoms with Gasteiger partial charge in [-0.1, -0.05) is 48.5 Å². The first-order chi connectivity index (χ1) is 9.24. The Morgan fingerprint density at radius 1 is 0.684 bits per heavy atom. The van der Waals surface area contributed by atoms with Gasteiger partial charge in [0, 0.05) is 11.4 Å². The fraction of sp³-hybridized carbons (Fsp3) is 0.111. The average molecular weight is 247 g/mol. The summed E-state index contributed by atoms with van der Waals surface area (Å²) in [7, 11) is 0. The van der Waals surface area contributed by atoms with Crippen molar-refractivity contribution in [3.8, 4) is 0 Å². The van der Waals surface area contributed by atoms with Crippen molar-refractivity contribution in [3.63, 3.8) is 0 Å². The number of anilines is 2. The molecule has 0 unspecified atom stereocenters. The standard InChI is InChI=1S/C18H17N/c1-13-6-5-7-14(2)18(13)19-17-11-10-15-8-3-4-9-16(15)12-17/h3-12,19H,1-2H3. The van der Waals surface area contributed by atoms with Crippen molar-refractivity contribution in [2.75, 3.05) is 5.32 Å². The summed E-state index contributed by atoms with van der Waals surface area (Å²) in [5, 5.41) is 6.07. The lowest BCUT2D eigenvalue weighted by molar-refractivity contribution is 1.36. The number of benzene rings is 3. The SMILES string of the molecule is Cc1cccc(C)c1Nc1ccc2ccccc2c1. The third-order valence-electron chi connectivity index (χ3n) is 3.50. The van der Waals surface area contributed by atoms with Gasteiger partial charge in [0.2, 0.25) is 0 Å². The van der Waals surface area contributed by atoms with Crippen LogP contribution in [0.1, 0.15) is 11.1 Å². The quantitative estimate of drug-likeness (QED) is 0.656. The summed E-state index contributed by atoms with van der Waals surface area (Å²) in [6.45, 7) is 4.27. The Morgan fingerprint density at radius 3 is 2.11 bits per heavy atom. The Hall–Kier alpha value is -2.28. The highest BCUT2D eigenvalue weighted by molar-refractivity contribution is 5.86. The molecule has 0 saturated carbocycles. The maximum atomic E-state index is 3.53. The Labute approximate surface area is 113 Å². The third kappa shape index (κ3) is 2.32. The van der Waals surface area contributed by atoms with Crippen LogP contribution in [0.4, 0.5) is 11.4 Å². The predicted octanol–water partition coefficient (Wildman–Crippen LogP) is 5.20. The first-order valence-corrected chi connectivity index (χ1v) is 6.56. The minimum Gasteiger partial charge on any atom is -0.355 e. The van der Waals surface area contributed by atoms with Gasteiger partial charge < -0.3 is 5.32 Å². The van der Waals surface area contributed by atoms with Gasteiger partial charge in [-0.2, -0.15) is 0 Å². The summed E-state index contributed by atoms with van der Waals surface area (Å²) in [6.07, 6.45) is 0. The largest absolute Gasteiger partial charge is 0.355 e. The number of hydrogen-bond donors (Lipinski definition) is 1. The molecule has 1 heteroatoms. The molecule has 3 aromatic rings. The number of rotatable bonds is 2. The number of para-hydroxylation sites is 1. The van der Waals surface area contributed by atoms with Crippen LogP contribution >= 0.6 is 0 Å². The summed E-state index contributed by atoms with van der Waals surface area (Å²) in [5.74, 6) is 0. The summed E-state index contributed by atoms with van der Waals surface area (Å²) in [5.41, 5.74) is 4.88. The summed E-state index contributed by atoms with van der Waals surface area (Å²) in [4.78, 5) is 0. The molecule has 0 spiro atoms. The fourth-order valence-electron chi connectivity index (χ4n) is 2.42. The second-order valence-corrected chi connectivity index (χ2v) is 4.95. The van der Waals surface area contributed by atoms with Crippen LogP contribution in [-0.4, -0.2) is 0 Å². The van der Waals surface area contributed by atoms with E-state index in [-0.39, 0.29) is 0 Å². The molecule has 0 aliphatic heterocycles. The molecule has 94 valence electrons. The zero-order valence-corrected chi connectivity index (χ0v) is 11.3. The van der Waals surface area contributed by atoms with Crippen molar-refractivity contribution in [3.05, 3.63) is 71.8 Å². The van der Waals surface area contributed by atoms with E-state index in [1.807, 2.05) is 0 Å². The molecule has 0 saturated heterocycles. The van der Waals surface area contributed by atoms with E-state index in [1.165, 1.54) is 27.6 Å². The van der Waals surface area contributed by atoms with Crippen molar-refractivity contribution in [2.24, 2.45) is 0 Å². The molecule has 0 aliphatic carbocycles. The van der Waals surface area contributed by atoms with Gasteiger partial charge >= 0.3 is 0 Å². The molecule has 1 nitrogen and oxygen atoms in total. The minimum atomic E-state index is 1.14. The highest BCUT2D eigenvalue weighted by Crippen LogP contribution is 2.26. The highest BCUT2D eigenvalue weighted by atomic mass is 14.9. The van der Waals surface area contributed by atoms with Gasteiger partial charge in [-0.05, 0) is 47.9 Å². The van der Waals surface area contributed by atoms with Gasteiger partial charge in [0.15, 0.2) is 0 Å². The number of hydrogen-bond acceptors (Lipinski definition) is 1. The molecule has 0 heterocycles. The molecule has 0 atom stereocenters. The monoisotopic (exact) mass is 247 g/mol. The maximum Gasteiger partial charge on any atom is 0.0443 e. The van der Waals surface area contributed by atoms with E-state index in [1.54, 1.807) is 0 Å². The van der Waals surface area contributed by atoms with Gasteiger partial charge in [0.1, 0.15) is 0 Å². The Morgan fingerprint density at radius 2 is 1.37 bits per heavy atom. The van der Waals surface area contributed by atoms with Gasteiger partial charge in [0.25, 0.3) is 0 Å². The third-order valence-corrected chi connectivity index (χ3v) is 3.50. The number of aryl methyl sites for hydroxylation is 2. The molecular weight excluding hydrogens is 230 g/mol. The topological polar surface area (TPSA) is 12.0 Å². The second-order valence-electron chi connectivity index (χ2n) is 4.95. The lowest BCUT2D eigenvalue weighted by Crippen LogP contribution is -1.95. The van der Waals surface area contributed by atoms with Crippen molar-refractivity contribution in [1.29, 1.82) is 0 Å². The van der Waals surface area contributed by atoms with E-state index < -0.39 is 0 Å². The molecular formula is C18H17N. The Balaban J connectivity index is 2.01. The maximum absolute atomic E-state index is 3.53. The van der Waals surface area contributed by atoms with E-state index in [0.717, 1.165) is 5.69 Å². The van der Waals surface area contributed by atoms with Crippen LogP contribution in [0.25, 0.3) is 10.8 Å². The summed E-state index contributed by atoms with van der Waals surface area (Å²) < 4.78 is 0. The van der Waals surface area contributed by atoms with Gasteiger partial charge in [-0.15, -0.1) is 0 Å². The van der Waals surface area contributed by atoms with E-state index in [0.29, 0.717) is 0 Å². The molecule has 0 amide bonds. The molecule has 0 radical (unpaired) electrons. The minimum absolute atomic E-state index is 1.14. The Kier molecular flexibility index (Phi) is 2.96. The van der Waals surface area contributed by atoms with Crippen molar-refractivity contribution in [1.82, 2.24) is 0 Å². The first kappa shape index (κ1) is 11.8. The van der Waals surface area contributed by atoms with Crippen LogP contribution in [0.15, 0.2) is 60.7 Å². The lowest BCUT2D eigenvalue weighted by atomic mass is 10.1. The lowest BCUT2D eigenvalue weighted by Gasteiger charge is -2.13. The predicted molar refractivity (Wildman–Crippen MR) is 83.1 cm³/mol. The fourth-order valence-corrected chi connectivity index (χ4v) is 2.42. The smallest absolute Gasteiger partial charge is 0.0443 e. The number of fused-ring (bicyclic) bond motifs is 1. The van der Waals surface area contributed by atoms with Crippen molar-refractivity contribution >= 4 is 22.1 Å². The normalized spacial score (nSPS) is 10.6. The van der Waals surface area contributed by atoms with Gasteiger partial charge in [-0.25, -0.2) is 0 Å². The van der Waals surface area contributed by atoms with E-state index in [9.17, 15) is 0 Å². The molecule has 19 heavy (non-hydrogen) atoms. The molecule has 0 fully saturated rings. The van der Waals surface area contributed by atoms with E-state index in [2.05, 4.69) is 79.8 Å². The first-order valence-electron chi connectivity index (χ1n) is 6.56.